The van der Waals surface area contributed by atoms with E-state index in [9.17, 15) is 9.59 Å². The fourth-order valence-electron chi connectivity index (χ4n) is 3.18. The number of rotatable bonds is 5. The number of para-hydroxylation sites is 1. The lowest BCUT2D eigenvalue weighted by Gasteiger charge is -2.14. The predicted octanol–water partition coefficient (Wildman–Crippen LogP) is 4.62. The summed E-state index contributed by atoms with van der Waals surface area (Å²) in [5.41, 5.74) is 2.41. The molecule has 0 spiro atoms. The Bertz CT molecular complexity index is 1210. The lowest BCUT2D eigenvalue weighted by molar-refractivity contribution is 0.0505. The van der Waals surface area contributed by atoms with Gasteiger partial charge in [0.1, 0.15) is 5.82 Å². The normalized spacial score (nSPS) is 10.8. The summed E-state index contributed by atoms with van der Waals surface area (Å²) in [4.78, 5) is 30.1. The molecule has 3 aromatic carbocycles. The molecule has 0 aliphatic carbocycles. The number of fused-ring (bicyclic) bond motifs is 1. The lowest BCUT2D eigenvalue weighted by atomic mass is 10.1. The minimum absolute atomic E-state index is 0.157. The van der Waals surface area contributed by atoms with Crippen molar-refractivity contribution in [2.45, 2.75) is 13.3 Å². The van der Waals surface area contributed by atoms with Crippen LogP contribution >= 0.6 is 0 Å². The van der Waals surface area contributed by atoms with E-state index >= 15 is 0 Å². The molecular formula is C24H20N2O3. The number of carbonyl (C=O) groups excluding carboxylic acids is 1. The van der Waals surface area contributed by atoms with Gasteiger partial charge in [0.25, 0.3) is 5.56 Å². The van der Waals surface area contributed by atoms with Crippen LogP contribution < -0.4 is 5.56 Å². The van der Waals surface area contributed by atoms with Crippen LogP contribution in [0.4, 0.5) is 0 Å². The number of ether oxygens (including phenoxy) is 1. The van der Waals surface area contributed by atoms with Crippen molar-refractivity contribution in [2.24, 2.45) is 0 Å². The number of esters is 1. The smallest absolute Gasteiger partial charge is 0.338 e. The van der Waals surface area contributed by atoms with Gasteiger partial charge < -0.3 is 4.74 Å². The first kappa shape index (κ1) is 18.6. The second-order valence-electron chi connectivity index (χ2n) is 6.64. The quantitative estimate of drug-likeness (QED) is 0.471. The molecule has 0 aliphatic rings. The third-order valence-electron chi connectivity index (χ3n) is 4.61. The van der Waals surface area contributed by atoms with E-state index in [2.05, 4.69) is 0 Å². The minimum atomic E-state index is -0.370. The Morgan fingerprint density at radius 2 is 1.62 bits per heavy atom. The molecule has 0 N–H and O–H groups in total. The Morgan fingerprint density at radius 1 is 0.931 bits per heavy atom. The van der Waals surface area contributed by atoms with Gasteiger partial charge in [-0.1, -0.05) is 49.4 Å². The van der Waals surface area contributed by atoms with Crippen molar-refractivity contribution >= 4 is 16.9 Å². The Kier molecular flexibility index (Phi) is 5.20. The van der Waals surface area contributed by atoms with Crippen LogP contribution in [0.15, 0.2) is 83.7 Å². The minimum Gasteiger partial charge on any atom is -0.462 e. The third kappa shape index (κ3) is 3.67. The number of benzene rings is 3. The van der Waals surface area contributed by atoms with Crippen LogP contribution in [0.3, 0.4) is 0 Å². The van der Waals surface area contributed by atoms with Crippen LogP contribution in [-0.4, -0.2) is 22.1 Å². The lowest BCUT2D eigenvalue weighted by Crippen LogP contribution is -2.22. The summed E-state index contributed by atoms with van der Waals surface area (Å²) in [6.45, 7) is 2.33. The molecule has 0 aliphatic heterocycles. The highest BCUT2D eigenvalue weighted by atomic mass is 16.5. The van der Waals surface area contributed by atoms with Crippen molar-refractivity contribution in [3.8, 4) is 17.1 Å². The first-order valence-electron chi connectivity index (χ1n) is 9.54. The summed E-state index contributed by atoms with van der Waals surface area (Å²) in [7, 11) is 0. The molecule has 0 saturated heterocycles. The number of aromatic nitrogens is 2. The fraction of sp³-hybridized carbons (Fsp3) is 0.125. The fourth-order valence-corrected chi connectivity index (χ4v) is 3.18. The number of carbonyl (C=O) groups is 1. The van der Waals surface area contributed by atoms with Gasteiger partial charge in [-0.15, -0.1) is 0 Å². The van der Waals surface area contributed by atoms with E-state index in [-0.39, 0.29) is 11.5 Å². The van der Waals surface area contributed by atoms with Gasteiger partial charge in [0, 0.05) is 5.56 Å². The first-order chi connectivity index (χ1) is 14.2. The maximum Gasteiger partial charge on any atom is 0.338 e. The predicted molar refractivity (Wildman–Crippen MR) is 113 cm³/mol. The Balaban J connectivity index is 1.87. The molecule has 5 nitrogen and oxygen atoms in total. The Morgan fingerprint density at radius 3 is 2.34 bits per heavy atom. The standard InChI is InChI=1S/C24H20N2O3/c1-2-16-29-24(28)18-12-14-19(15-13-18)26-22(17-8-4-3-5-9-17)25-21-11-7-6-10-20(21)23(26)27/h3-15H,2,16H2,1H3. The molecular weight excluding hydrogens is 364 g/mol. The Hall–Kier alpha value is -3.73. The maximum atomic E-state index is 13.3. The van der Waals surface area contributed by atoms with Crippen LogP contribution in [0.2, 0.25) is 0 Å². The van der Waals surface area contributed by atoms with Crippen LogP contribution in [-0.2, 0) is 4.74 Å². The maximum absolute atomic E-state index is 13.3. The summed E-state index contributed by atoms with van der Waals surface area (Å²) in [6, 6.07) is 23.7. The van der Waals surface area contributed by atoms with Crippen molar-refractivity contribution in [3.05, 3.63) is 94.8 Å². The summed E-state index contributed by atoms with van der Waals surface area (Å²) in [6.07, 6.45) is 0.766. The van der Waals surface area contributed by atoms with Gasteiger partial charge in [0.15, 0.2) is 0 Å². The van der Waals surface area contributed by atoms with Crippen LogP contribution in [0.25, 0.3) is 28.0 Å². The SMILES string of the molecule is CCCOC(=O)c1ccc(-n2c(-c3ccccc3)nc3ccccc3c2=O)cc1. The van der Waals surface area contributed by atoms with Crippen LogP contribution in [0, 0.1) is 0 Å². The molecule has 0 unspecified atom stereocenters. The van der Waals surface area contributed by atoms with E-state index in [1.807, 2.05) is 55.5 Å². The van der Waals surface area contributed by atoms with Gasteiger partial charge in [0.2, 0.25) is 0 Å². The molecule has 0 radical (unpaired) electrons. The second kappa shape index (κ2) is 8.10. The van der Waals surface area contributed by atoms with E-state index < -0.39 is 0 Å². The van der Waals surface area contributed by atoms with E-state index in [1.165, 1.54) is 0 Å². The third-order valence-corrected chi connectivity index (χ3v) is 4.61. The van der Waals surface area contributed by atoms with Crippen molar-refractivity contribution in [1.29, 1.82) is 0 Å². The second-order valence-corrected chi connectivity index (χ2v) is 6.64. The van der Waals surface area contributed by atoms with Crippen LogP contribution in [0.5, 0.6) is 0 Å². The van der Waals surface area contributed by atoms with Crippen molar-refractivity contribution < 1.29 is 9.53 Å². The summed E-state index contributed by atoms with van der Waals surface area (Å²) in [5, 5.41) is 0.540. The molecule has 4 aromatic rings. The van der Waals surface area contributed by atoms with Crippen LogP contribution in [0.1, 0.15) is 23.7 Å². The highest BCUT2D eigenvalue weighted by molar-refractivity contribution is 5.89. The van der Waals surface area contributed by atoms with E-state index in [4.69, 9.17) is 9.72 Å². The molecule has 0 saturated carbocycles. The summed E-state index contributed by atoms with van der Waals surface area (Å²) < 4.78 is 6.76. The molecule has 1 aromatic heterocycles. The highest BCUT2D eigenvalue weighted by Gasteiger charge is 2.15. The highest BCUT2D eigenvalue weighted by Crippen LogP contribution is 2.22. The molecule has 5 heteroatoms. The molecule has 0 bridgehead atoms. The summed E-state index contributed by atoms with van der Waals surface area (Å²) in [5.74, 6) is 0.182. The van der Waals surface area contributed by atoms with Gasteiger partial charge in [-0.3, -0.25) is 9.36 Å². The molecule has 0 fully saturated rings. The van der Waals surface area contributed by atoms with E-state index in [0.717, 1.165) is 12.0 Å². The van der Waals surface area contributed by atoms with Gasteiger partial charge in [-0.2, -0.15) is 0 Å². The summed E-state index contributed by atoms with van der Waals surface area (Å²) >= 11 is 0. The monoisotopic (exact) mass is 384 g/mol. The van der Waals surface area contributed by atoms with E-state index in [1.54, 1.807) is 34.9 Å². The number of nitrogens with zero attached hydrogens (tertiary/aromatic N) is 2. The molecule has 144 valence electrons. The van der Waals surface area contributed by atoms with Gasteiger partial charge in [-0.25, -0.2) is 9.78 Å². The number of hydrogen-bond acceptors (Lipinski definition) is 4. The van der Waals surface area contributed by atoms with Gasteiger partial charge in [0.05, 0.1) is 28.8 Å². The zero-order valence-electron chi connectivity index (χ0n) is 16.0. The molecule has 0 amide bonds. The van der Waals surface area contributed by atoms with Gasteiger partial charge in [-0.05, 0) is 42.8 Å². The zero-order valence-corrected chi connectivity index (χ0v) is 16.0. The Labute approximate surface area is 168 Å². The average Bonchev–Trinajstić information content (AvgIpc) is 2.78. The average molecular weight is 384 g/mol. The van der Waals surface area contributed by atoms with Crippen molar-refractivity contribution in [3.63, 3.8) is 0 Å². The van der Waals surface area contributed by atoms with Crippen molar-refractivity contribution in [2.75, 3.05) is 6.61 Å². The molecule has 29 heavy (non-hydrogen) atoms. The molecule has 0 atom stereocenters. The first-order valence-corrected chi connectivity index (χ1v) is 9.54. The van der Waals surface area contributed by atoms with Gasteiger partial charge >= 0.3 is 5.97 Å². The molecule has 1 heterocycles. The topological polar surface area (TPSA) is 61.2 Å². The zero-order chi connectivity index (χ0) is 20.2. The van der Waals surface area contributed by atoms with Crippen molar-refractivity contribution in [1.82, 2.24) is 9.55 Å². The van der Waals surface area contributed by atoms with E-state index in [0.29, 0.717) is 34.6 Å². The number of hydrogen-bond donors (Lipinski definition) is 0. The molecule has 4 rings (SSSR count). The largest absolute Gasteiger partial charge is 0.462 e.